The highest BCUT2D eigenvalue weighted by molar-refractivity contribution is 8.15. The second-order valence-electron chi connectivity index (χ2n) is 3.23. The van der Waals surface area contributed by atoms with Gasteiger partial charge in [0, 0.05) is 4.53 Å². The molecule has 0 aliphatic carbocycles. The zero-order valence-corrected chi connectivity index (χ0v) is 9.41. The molecule has 0 unspecified atom stereocenters. The van der Waals surface area contributed by atoms with Crippen molar-refractivity contribution in [1.29, 1.82) is 0 Å². The van der Waals surface area contributed by atoms with Crippen molar-refractivity contribution in [2.24, 2.45) is 4.99 Å². The Morgan fingerprint density at radius 3 is 2.76 bits per heavy atom. The predicted octanol–water partition coefficient (Wildman–Crippen LogP) is 2.70. The topological polar surface area (TPSA) is 58.9 Å². The van der Waals surface area contributed by atoms with E-state index in [0.29, 0.717) is 5.69 Å². The first-order valence-electron chi connectivity index (χ1n) is 4.74. The highest BCUT2D eigenvalue weighted by Gasteiger charge is 2.30. The van der Waals surface area contributed by atoms with Gasteiger partial charge in [-0.1, -0.05) is 30.0 Å². The van der Waals surface area contributed by atoms with Crippen LogP contribution in [0.25, 0.3) is 0 Å². The van der Waals surface area contributed by atoms with E-state index in [-0.39, 0.29) is 22.1 Å². The van der Waals surface area contributed by atoms with Crippen LogP contribution in [0.1, 0.15) is 0 Å². The van der Waals surface area contributed by atoms with Crippen LogP contribution in [0.5, 0.6) is 0 Å². The predicted molar refractivity (Wildman–Crippen MR) is 62.8 cm³/mol. The van der Waals surface area contributed by atoms with Crippen molar-refractivity contribution in [3.05, 3.63) is 41.7 Å². The highest BCUT2D eigenvalue weighted by Crippen LogP contribution is 2.29. The van der Waals surface area contributed by atoms with Gasteiger partial charge in [-0.05, 0) is 12.1 Å². The number of hydrogen-bond acceptors (Lipinski definition) is 5. The van der Waals surface area contributed by atoms with Crippen LogP contribution in [0.2, 0.25) is 0 Å². The number of aliphatic hydroxyl groups excluding tert-OH is 1. The Morgan fingerprint density at radius 1 is 1.41 bits per heavy atom. The van der Waals surface area contributed by atoms with Crippen LogP contribution in [0.3, 0.4) is 0 Å². The minimum Gasteiger partial charge on any atom is -0.510 e. The second-order valence-corrected chi connectivity index (χ2v) is 4.19. The third-order valence-electron chi connectivity index (χ3n) is 2.11. The molecule has 1 heterocycles. The Labute approximate surface area is 101 Å². The SMILES string of the molecule is O=C(OF)C1=C(O)CSC1=Nc1ccccc1. The summed E-state index contributed by atoms with van der Waals surface area (Å²) in [5, 5.41) is 9.71. The monoisotopic (exact) mass is 253 g/mol. The summed E-state index contributed by atoms with van der Waals surface area (Å²) in [6, 6.07) is 8.88. The van der Waals surface area contributed by atoms with E-state index in [1.54, 1.807) is 24.3 Å². The van der Waals surface area contributed by atoms with Crippen molar-refractivity contribution in [2.45, 2.75) is 0 Å². The molecular weight excluding hydrogens is 245 g/mol. The third kappa shape index (κ3) is 2.47. The minimum absolute atomic E-state index is 0.191. The summed E-state index contributed by atoms with van der Waals surface area (Å²) in [7, 11) is 0. The van der Waals surface area contributed by atoms with Gasteiger partial charge >= 0.3 is 5.97 Å². The van der Waals surface area contributed by atoms with Crippen molar-refractivity contribution >= 4 is 28.5 Å². The number of nitrogens with zero attached hydrogens (tertiary/aromatic N) is 1. The van der Waals surface area contributed by atoms with E-state index in [1.807, 2.05) is 6.07 Å². The fraction of sp³-hybridized carbons (Fsp3) is 0.0909. The second kappa shape index (κ2) is 5.01. The number of para-hydroxylation sites is 1. The molecule has 4 nitrogen and oxygen atoms in total. The van der Waals surface area contributed by atoms with Crippen LogP contribution >= 0.6 is 11.8 Å². The van der Waals surface area contributed by atoms with E-state index in [1.165, 1.54) is 0 Å². The summed E-state index contributed by atoms with van der Waals surface area (Å²) in [5.74, 6) is -1.25. The molecule has 0 atom stereocenters. The highest BCUT2D eigenvalue weighted by atomic mass is 32.2. The standard InChI is InChI=1S/C11H8FNO3S/c12-16-11(15)9-8(14)6-17-10(9)13-7-4-2-1-3-5-7/h1-5,14H,6H2. The van der Waals surface area contributed by atoms with Crippen LogP contribution in [0.15, 0.2) is 46.7 Å². The Morgan fingerprint density at radius 2 is 2.12 bits per heavy atom. The van der Waals surface area contributed by atoms with Crippen LogP contribution in [-0.2, 0) is 9.74 Å². The van der Waals surface area contributed by atoms with Crippen molar-refractivity contribution < 1.29 is 19.4 Å². The molecule has 17 heavy (non-hydrogen) atoms. The average molecular weight is 253 g/mol. The molecule has 0 amide bonds. The maximum absolute atomic E-state index is 11.9. The molecule has 0 fully saturated rings. The number of aliphatic imine (C=N–C) groups is 1. The third-order valence-corrected chi connectivity index (χ3v) is 3.10. The Bertz CT molecular complexity index is 499. The molecule has 0 radical (unpaired) electrons. The molecule has 0 saturated carbocycles. The van der Waals surface area contributed by atoms with Gasteiger partial charge in [0.2, 0.25) is 0 Å². The lowest BCUT2D eigenvalue weighted by Crippen LogP contribution is -2.09. The van der Waals surface area contributed by atoms with Gasteiger partial charge in [-0.3, -0.25) is 0 Å². The lowest BCUT2D eigenvalue weighted by molar-refractivity contribution is -0.177. The van der Waals surface area contributed by atoms with Crippen LogP contribution < -0.4 is 0 Å². The quantitative estimate of drug-likeness (QED) is 0.880. The molecule has 0 saturated heterocycles. The van der Waals surface area contributed by atoms with E-state index in [2.05, 4.69) is 9.93 Å². The van der Waals surface area contributed by atoms with Crippen molar-refractivity contribution in [3.8, 4) is 0 Å². The molecule has 1 aromatic carbocycles. The molecule has 0 bridgehead atoms. The fourth-order valence-electron chi connectivity index (χ4n) is 1.36. The first-order chi connectivity index (χ1) is 8.22. The van der Waals surface area contributed by atoms with Gasteiger partial charge < -0.3 is 5.11 Å². The zero-order valence-electron chi connectivity index (χ0n) is 8.59. The number of carbonyl (C=O) groups is 1. The minimum atomic E-state index is -1.22. The van der Waals surface area contributed by atoms with Crippen molar-refractivity contribution in [2.75, 3.05) is 5.75 Å². The Hall–Kier alpha value is -1.82. The van der Waals surface area contributed by atoms with Gasteiger partial charge in [0.05, 0.1) is 11.4 Å². The van der Waals surface area contributed by atoms with E-state index in [9.17, 15) is 14.4 Å². The molecule has 1 aromatic rings. The van der Waals surface area contributed by atoms with Crippen LogP contribution in [0, 0.1) is 0 Å². The fourth-order valence-corrected chi connectivity index (χ4v) is 2.29. The van der Waals surface area contributed by atoms with Gasteiger partial charge in [0.1, 0.15) is 16.4 Å². The van der Waals surface area contributed by atoms with Crippen molar-refractivity contribution in [3.63, 3.8) is 0 Å². The number of rotatable bonds is 2. The van der Waals surface area contributed by atoms with Crippen LogP contribution in [0.4, 0.5) is 10.2 Å². The number of carbonyl (C=O) groups excluding carboxylic acids is 1. The number of halogens is 1. The molecule has 2 rings (SSSR count). The van der Waals surface area contributed by atoms with E-state index >= 15 is 0 Å². The van der Waals surface area contributed by atoms with Gasteiger partial charge in [-0.2, -0.15) is 0 Å². The normalized spacial score (nSPS) is 17.6. The summed E-state index contributed by atoms with van der Waals surface area (Å²) >= 11 is 1.16. The molecule has 1 aliphatic rings. The average Bonchev–Trinajstić information content (AvgIpc) is 2.71. The van der Waals surface area contributed by atoms with E-state index in [4.69, 9.17) is 0 Å². The van der Waals surface area contributed by atoms with E-state index < -0.39 is 5.97 Å². The largest absolute Gasteiger partial charge is 0.510 e. The molecule has 88 valence electrons. The Kier molecular flexibility index (Phi) is 3.43. The maximum Gasteiger partial charge on any atom is 0.385 e. The first-order valence-corrected chi connectivity index (χ1v) is 5.73. The lowest BCUT2D eigenvalue weighted by atomic mass is 10.2. The molecule has 0 spiro atoms. The van der Waals surface area contributed by atoms with Gasteiger partial charge in [-0.25, -0.2) is 14.7 Å². The summed E-state index contributed by atoms with van der Waals surface area (Å²) in [6.07, 6.45) is 0. The smallest absolute Gasteiger partial charge is 0.385 e. The molecule has 1 N–H and O–H groups in total. The first kappa shape index (κ1) is 11.7. The molecule has 6 heteroatoms. The molecule has 0 aromatic heterocycles. The molecule has 1 aliphatic heterocycles. The lowest BCUT2D eigenvalue weighted by Gasteiger charge is -1.99. The van der Waals surface area contributed by atoms with Crippen molar-refractivity contribution in [1.82, 2.24) is 0 Å². The zero-order chi connectivity index (χ0) is 12.3. The number of thioether (sulfide) groups is 1. The number of aliphatic hydroxyl groups is 1. The molecular formula is C11H8FNO3S. The summed E-state index contributed by atoms with van der Waals surface area (Å²) in [5.41, 5.74) is 0.412. The van der Waals surface area contributed by atoms with Crippen LogP contribution in [-0.4, -0.2) is 21.9 Å². The van der Waals surface area contributed by atoms with Gasteiger partial charge in [0.15, 0.2) is 0 Å². The van der Waals surface area contributed by atoms with Gasteiger partial charge in [-0.15, -0.1) is 0 Å². The Balaban J connectivity index is 2.34. The van der Waals surface area contributed by atoms with E-state index in [0.717, 1.165) is 11.8 Å². The number of benzene rings is 1. The maximum atomic E-state index is 11.9. The summed E-state index contributed by atoms with van der Waals surface area (Å²) in [4.78, 5) is 18.4. The summed E-state index contributed by atoms with van der Waals surface area (Å²) in [6.45, 7) is 0. The number of hydrogen-bond donors (Lipinski definition) is 1. The summed E-state index contributed by atoms with van der Waals surface area (Å²) < 4.78 is 11.9. The van der Waals surface area contributed by atoms with Gasteiger partial charge in [0.25, 0.3) is 0 Å².